The number of aromatic amines is 1. The van der Waals surface area contributed by atoms with E-state index in [0.717, 1.165) is 0 Å². The molecular weight excluding hydrogens is 204 g/mol. The SMILES string of the molecule is CS(=O)(=O)[O-].C[n+]1cc[nH]c1.Cl. The van der Waals surface area contributed by atoms with Crippen molar-refractivity contribution in [1.82, 2.24) is 4.98 Å². The number of nitrogens with zero attached hydrogens (tertiary/aromatic N) is 1. The molecule has 0 atom stereocenters. The number of hydrogen-bond donors (Lipinski definition) is 1. The molecular formula is C5H11ClN2O3S. The molecule has 0 aliphatic heterocycles. The number of rotatable bonds is 0. The van der Waals surface area contributed by atoms with Crippen LogP contribution in [0.25, 0.3) is 0 Å². The molecule has 72 valence electrons. The van der Waals surface area contributed by atoms with E-state index in [4.69, 9.17) is 13.0 Å². The van der Waals surface area contributed by atoms with Crippen LogP contribution in [0.15, 0.2) is 18.7 Å². The Hall–Kier alpha value is -0.590. The molecule has 1 N–H and O–H groups in total. The Kier molecular flexibility index (Phi) is 6.96. The van der Waals surface area contributed by atoms with Gasteiger partial charge in [0.05, 0.1) is 17.2 Å². The lowest BCUT2D eigenvalue weighted by atomic mass is 10.9. The summed E-state index contributed by atoms with van der Waals surface area (Å²) >= 11 is 0. The van der Waals surface area contributed by atoms with Crippen molar-refractivity contribution in [3.63, 3.8) is 0 Å². The summed E-state index contributed by atoms with van der Waals surface area (Å²) in [6.07, 6.45) is 6.30. The summed E-state index contributed by atoms with van der Waals surface area (Å²) in [5.74, 6) is 0. The van der Waals surface area contributed by atoms with E-state index in [2.05, 4.69) is 4.98 Å². The van der Waals surface area contributed by atoms with Crippen LogP contribution in [0.5, 0.6) is 0 Å². The number of aromatic nitrogens is 2. The quantitative estimate of drug-likeness (QED) is 0.464. The summed E-state index contributed by atoms with van der Waals surface area (Å²) in [4.78, 5) is 2.89. The van der Waals surface area contributed by atoms with Crippen molar-refractivity contribution in [2.45, 2.75) is 0 Å². The summed E-state index contributed by atoms with van der Waals surface area (Å²) in [7, 11) is -1.95. The Labute approximate surface area is 77.6 Å². The molecule has 0 fully saturated rings. The zero-order valence-corrected chi connectivity index (χ0v) is 8.35. The van der Waals surface area contributed by atoms with E-state index in [-0.39, 0.29) is 12.4 Å². The minimum Gasteiger partial charge on any atom is -0.748 e. The first kappa shape index (κ1) is 14.0. The molecule has 1 heterocycles. The molecule has 0 unspecified atom stereocenters. The summed E-state index contributed by atoms with van der Waals surface area (Å²) in [6.45, 7) is 0. The number of aryl methyl sites for hydroxylation is 1. The van der Waals surface area contributed by atoms with Crippen molar-refractivity contribution in [1.29, 1.82) is 0 Å². The Morgan fingerprint density at radius 1 is 1.50 bits per heavy atom. The second-order valence-electron chi connectivity index (χ2n) is 1.98. The molecule has 0 aromatic carbocycles. The van der Waals surface area contributed by atoms with Gasteiger partial charge in [-0.3, -0.25) is 4.98 Å². The van der Waals surface area contributed by atoms with E-state index in [1.54, 1.807) is 0 Å². The molecule has 0 spiro atoms. The first-order chi connectivity index (χ1) is 4.89. The predicted octanol–water partition coefficient (Wildman–Crippen LogP) is -0.578. The van der Waals surface area contributed by atoms with Crippen LogP contribution in [0, 0.1) is 0 Å². The molecule has 1 rings (SSSR count). The Morgan fingerprint density at radius 2 is 1.92 bits per heavy atom. The average molecular weight is 215 g/mol. The van der Waals surface area contributed by atoms with Crippen LogP contribution in [-0.4, -0.2) is 24.2 Å². The molecule has 0 saturated heterocycles. The van der Waals surface area contributed by atoms with E-state index >= 15 is 0 Å². The average Bonchev–Trinajstić information content (AvgIpc) is 2.12. The highest BCUT2D eigenvalue weighted by Crippen LogP contribution is 1.60. The molecule has 7 heteroatoms. The zero-order valence-electron chi connectivity index (χ0n) is 6.72. The Bertz CT molecular complexity index is 274. The number of hydrogen-bond acceptors (Lipinski definition) is 3. The number of halogens is 1. The van der Waals surface area contributed by atoms with Gasteiger partial charge in [0.15, 0.2) is 0 Å². The van der Waals surface area contributed by atoms with Crippen LogP contribution in [0.1, 0.15) is 0 Å². The summed E-state index contributed by atoms with van der Waals surface area (Å²) in [5, 5.41) is 0. The summed E-state index contributed by atoms with van der Waals surface area (Å²) < 4.78 is 29.2. The van der Waals surface area contributed by atoms with E-state index in [9.17, 15) is 0 Å². The largest absolute Gasteiger partial charge is 0.748 e. The van der Waals surface area contributed by atoms with Gasteiger partial charge in [0.1, 0.15) is 12.4 Å². The third-order valence-corrected chi connectivity index (χ3v) is 0.684. The number of nitrogens with one attached hydrogen (secondary N) is 1. The second-order valence-corrected chi connectivity index (χ2v) is 3.39. The highest BCUT2D eigenvalue weighted by Gasteiger charge is 1.78. The topological polar surface area (TPSA) is 76.9 Å². The molecule has 1 aromatic heterocycles. The van der Waals surface area contributed by atoms with Gasteiger partial charge in [-0.1, -0.05) is 0 Å². The van der Waals surface area contributed by atoms with Gasteiger partial charge in [-0.25, -0.2) is 13.0 Å². The first-order valence-electron chi connectivity index (χ1n) is 2.78. The maximum atomic E-state index is 9.08. The molecule has 0 amide bonds. The zero-order chi connectivity index (χ0) is 8.91. The van der Waals surface area contributed by atoms with Gasteiger partial charge in [0.2, 0.25) is 6.33 Å². The van der Waals surface area contributed by atoms with Crippen LogP contribution in [0.3, 0.4) is 0 Å². The van der Waals surface area contributed by atoms with Gasteiger partial charge in [0, 0.05) is 6.26 Å². The number of H-pyrrole nitrogens is 1. The normalized spacial score (nSPS) is 9.25. The molecule has 12 heavy (non-hydrogen) atoms. The standard InChI is InChI=1S/C4H6N2.CH4O3S.ClH/c1-6-3-2-5-4-6;1-5(2,3)4;/h2-4H,1H3;1H3,(H,2,3,4);1H. The molecule has 0 bridgehead atoms. The Morgan fingerprint density at radius 3 is 2.00 bits per heavy atom. The maximum absolute atomic E-state index is 9.08. The molecule has 0 radical (unpaired) electrons. The molecule has 1 aromatic rings. The van der Waals surface area contributed by atoms with Crippen molar-refractivity contribution in [3.8, 4) is 0 Å². The van der Waals surface area contributed by atoms with Crippen LogP contribution in [0.2, 0.25) is 0 Å². The van der Waals surface area contributed by atoms with E-state index in [1.165, 1.54) is 0 Å². The molecule has 0 aliphatic rings. The first-order valence-corrected chi connectivity index (χ1v) is 4.60. The minimum absolute atomic E-state index is 0. The van der Waals surface area contributed by atoms with Crippen molar-refractivity contribution in [2.24, 2.45) is 7.05 Å². The summed E-state index contributed by atoms with van der Waals surface area (Å²) in [5.41, 5.74) is 0. The van der Waals surface area contributed by atoms with Gasteiger partial charge in [-0.15, -0.1) is 12.4 Å². The lowest BCUT2D eigenvalue weighted by Gasteiger charge is -1.90. The highest BCUT2D eigenvalue weighted by molar-refractivity contribution is 7.84. The van der Waals surface area contributed by atoms with Crippen LogP contribution < -0.4 is 4.57 Å². The minimum atomic E-state index is -3.92. The fourth-order valence-electron chi connectivity index (χ4n) is 0.364. The monoisotopic (exact) mass is 214 g/mol. The Balaban J connectivity index is 0. The van der Waals surface area contributed by atoms with Gasteiger partial charge in [0.25, 0.3) is 0 Å². The smallest absolute Gasteiger partial charge is 0.241 e. The maximum Gasteiger partial charge on any atom is 0.241 e. The van der Waals surface area contributed by atoms with E-state index in [0.29, 0.717) is 6.26 Å². The van der Waals surface area contributed by atoms with Crippen molar-refractivity contribution >= 4 is 22.5 Å². The fraction of sp³-hybridized carbons (Fsp3) is 0.400. The van der Waals surface area contributed by atoms with Crippen molar-refractivity contribution in [2.75, 3.05) is 6.26 Å². The molecule has 0 aliphatic carbocycles. The van der Waals surface area contributed by atoms with Crippen LogP contribution >= 0.6 is 12.4 Å². The lowest BCUT2D eigenvalue weighted by Crippen LogP contribution is -2.22. The molecule has 0 saturated carbocycles. The van der Waals surface area contributed by atoms with Gasteiger partial charge < -0.3 is 4.55 Å². The van der Waals surface area contributed by atoms with Gasteiger partial charge >= 0.3 is 0 Å². The lowest BCUT2D eigenvalue weighted by molar-refractivity contribution is -0.670. The second kappa shape index (κ2) is 5.99. The van der Waals surface area contributed by atoms with Gasteiger partial charge in [-0.2, -0.15) is 0 Å². The fourth-order valence-corrected chi connectivity index (χ4v) is 0.364. The summed E-state index contributed by atoms with van der Waals surface area (Å²) in [6, 6.07) is 0. The highest BCUT2D eigenvalue weighted by atomic mass is 35.5. The number of imidazole rings is 1. The van der Waals surface area contributed by atoms with Crippen LogP contribution in [-0.2, 0) is 17.2 Å². The van der Waals surface area contributed by atoms with Crippen LogP contribution in [0.4, 0.5) is 0 Å². The van der Waals surface area contributed by atoms with Gasteiger partial charge in [-0.05, 0) is 0 Å². The third-order valence-electron chi connectivity index (χ3n) is 0.684. The van der Waals surface area contributed by atoms with Crippen molar-refractivity contribution in [3.05, 3.63) is 18.7 Å². The molecule has 5 nitrogen and oxygen atoms in total. The van der Waals surface area contributed by atoms with E-state index in [1.807, 2.05) is 30.3 Å². The predicted molar refractivity (Wildman–Crippen MR) is 44.8 cm³/mol. The van der Waals surface area contributed by atoms with E-state index < -0.39 is 10.1 Å². The third kappa shape index (κ3) is 16.2. The van der Waals surface area contributed by atoms with Crippen molar-refractivity contribution < 1.29 is 17.5 Å².